The maximum Gasteiger partial charge on any atom is 0.282 e. The van der Waals surface area contributed by atoms with Gasteiger partial charge in [0.25, 0.3) is 11.1 Å². The van der Waals surface area contributed by atoms with Gasteiger partial charge in [0.2, 0.25) is 5.88 Å². The predicted molar refractivity (Wildman–Crippen MR) is 98.1 cm³/mol. The summed E-state index contributed by atoms with van der Waals surface area (Å²) in [6, 6.07) is 4.28. The molecule has 5 heterocycles. The SMILES string of the molecule is COc1csc(Oc2ccc(C(=O)N[C@@H]3C4CCN(CC4)[C@H]3C)s2)n1. The summed E-state index contributed by atoms with van der Waals surface area (Å²) < 4.78 is 10.8. The van der Waals surface area contributed by atoms with E-state index in [1.165, 1.54) is 35.5 Å². The van der Waals surface area contributed by atoms with E-state index in [0.717, 1.165) is 13.1 Å². The van der Waals surface area contributed by atoms with Gasteiger partial charge in [0, 0.05) is 12.1 Å². The van der Waals surface area contributed by atoms with Gasteiger partial charge in [-0.3, -0.25) is 9.69 Å². The molecule has 0 saturated carbocycles. The lowest BCUT2D eigenvalue weighted by Gasteiger charge is -2.49. The molecule has 0 spiro atoms. The predicted octanol–water partition coefficient (Wildman–Crippen LogP) is 3.22. The van der Waals surface area contributed by atoms with Crippen LogP contribution in [0.25, 0.3) is 0 Å². The molecule has 3 fully saturated rings. The summed E-state index contributed by atoms with van der Waals surface area (Å²) in [5.41, 5.74) is 0. The number of carbonyl (C=O) groups excluding carboxylic acids is 1. The maximum atomic E-state index is 12.6. The Morgan fingerprint density at radius 1 is 1.36 bits per heavy atom. The molecule has 2 bridgehead atoms. The van der Waals surface area contributed by atoms with E-state index in [4.69, 9.17) is 9.47 Å². The molecular weight excluding hydrogens is 358 g/mol. The van der Waals surface area contributed by atoms with Gasteiger partial charge in [-0.2, -0.15) is 4.98 Å². The number of hydrogen-bond acceptors (Lipinski definition) is 7. The van der Waals surface area contributed by atoms with Crippen molar-refractivity contribution in [2.75, 3.05) is 20.2 Å². The van der Waals surface area contributed by atoms with Crippen LogP contribution in [-0.4, -0.2) is 48.1 Å². The van der Waals surface area contributed by atoms with E-state index in [1.54, 1.807) is 12.5 Å². The first-order chi connectivity index (χ1) is 12.1. The highest BCUT2D eigenvalue weighted by molar-refractivity contribution is 7.16. The molecule has 134 valence electrons. The summed E-state index contributed by atoms with van der Waals surface area (Å²) >= 11 is 2.71. The number of piperidine rings is 3. The van der Waals surface area contributed by atoms with Crippen molar-refractivity contribution in [2.24, 2.45) is 5.92 Å². The zero-order valence-corrected chi connectivity index (χ0v) is 15.9. The van der Waals surface area contributed by atoms with Gasteiger partial charge in [0.1, 0.15) is 0 Å². The summed E-state index contributed by atoms with van der Waals surface area (Å²) in [6.45, 7) is 4.54. The molecule has 3 aliphatic heterocycles. The van der Waals surface area contributed by atoms with Crippen LogP contribution in [0.5, 0.6) is 16.1 Å². The van der Waals surface area contributed by atoms with Gasteiger partial charge in [-0.05, 0) is 50.9 Å². The molecular formula is C17H21N3O3S2. The van der Waals surface area contributed by atoms with E-state index in [-0.39, 0.29) is 11.9 Å². The van der Waals surface area contributed by atoms with Crippen molar-refractivity contribution in [3.63, 3.8) is 0 Å². The standard InChI is InChI=1S/C17H21N3O3S2/c1-10-15(11-5-7-20(10)8-6-11)19-16(21)12-3-4-14(25-12)23-17-18-13(22-2)9-24-17/h3-4,9-11,15H,5-8H2,1-2H3,(H,19,21)/t10-,15-/m0/s1. The van der Waals surface area contributed by atoms with Gasteiger partial charge in [0.15, 0.2) is 5.06 Å². The number of hydrogen-bond donors (Lipinski definition) is 1. The van der Waals surface area contributed by atoms with Crippen LogP contribution in [0.4, 0.5) is 0 Å². The molecule has 0 radical (unpaired) electrons. The number of aromatic nitrogens is 1. The molecule has 3 aliphatic rings. The Hall–Kier alpha value is -1.64. The van der Waals surface area contributed by atoms with Crippen LogP contribution < -0.4 is 14.8 Å². The number of rotatable bonds is 5. The Morgan fingerprint density at radius 3 is 2.84 bits per heavy atom. The van der Waals surface area contributed by atoms with Crippen LogP contribution in [-0.2, 0) is 0 Å². The third-order valence-electron chi connectivity index (χ3n) is 5.14. The lowest BCUT2D eigenvalue weighted by atomic mass is 9.79. The Kier molecular flexibility index (Phi) is 4.66. The highest BCUT2D eigenvalue weighted by Gasteiger charge is 2.40. The number of carbonyl (C=O) groups is 1. The van der Waals surface area contributed by atoms with E-state index in [2.05, 4.69) is 22.1 Å². The summed E-state index contributed by atoms with van der Waals surface area (Å²) in [6.07, 6.45) is 2.36. The molecule has 6 nitrogen and oxygen atoms in total. The van der Waals surface area contributed by atoms with Crippen molar-refractivity contribution >= 4 is 28.6 Å². The number of amides is 1. The quantitative estimate of drug-likeness (QED) is 0.864. The molecule has 0 aromatic carbocycles. The largest absolute Gasteiger partial charge is 0.480 e. The second-order valence-electron chi connectivity index (χ2n) is 6.49. The third kappa shape index (κ3) is 3.38. The summed E-state index contributed by atoms with van der Waals surface area (Å²) in [7, 11) is 1.57. The topological polar surface area (TPSA) is 63.7 Å². The number of fused-ring (bicyclic) bond motifs is 3. The van der Waals surface area contributed by atoms with E-state index in [1.807, 2.05) is 12.1 Å². The molecule has 2 atom stereocenters. The summed E-state index contributed by atoms with van der Waals surface area (Å²) in [4.78, 5) is 20.0. The van der Waals surface area contributed by atoms with Gasteiger partial charge >= 0.3 is 0 Å². The summed E-state index contributed by atoms with van der Waals surface area (Å²) in [5, 5.41) is 6.20. The first kappa shape index (κ1) is 16.8. The van der Waals surface area contributed by atoms with Crippen LogP contribution in [0.2, 0.25) is 0 Å². The second-order valence-corrected chi connectivity index (χ2v) is 8.36. The molecule has 0 unspecified atom stereocenters. The Morgan fingerprint density at radius 2 is 2.16 bits per heavy atom. The molecule has 1 amide bonds. The van der Waals surface area contributed by atoms with E-state index in [9.17, 15) is 4.79 Å². The van der Waals surface area contributed by atoms with E-state index >= 15 is 0 Å². The van der Waals surface area contributed by atoms with Crippen LogP contribution in [0.1, 0.15) is 29.4 Å². The van der Waals surface area contributed by atoms with Crippen molar-refractivity contribution in [3.05, 3.63) is 22.4 Å². The fourth-order valence-corrected chi connectivity index (χ4v) is 5.18. The minimum absolute atomic E-state index is 0.0119. The van der Waals surface area contributed by atoms with Gasteiger partial charge in [-0.1, -0.05) is 22.7 Å². The maximum absolute atomic E-state index is 12.6. The van der Waals surface area contributed by atoms with Crippen LogP contribution in [0, 0.1) is 5.92 Å². The molecule has 25 heavy (non-hydrogen) atoms. The minimum atomic E-state index is -0.0119. The lowest BCUT2D eigenvalue weighted by Crippen LogP contribution is -2.62. The average molecular weight is 380 g/mol. The molecule has 8 heteroatoms. The van der Waals surface area contributed by atoms with Gasteiger partial charge < -0.3 is 14.8 Å². The number of methoxy groups -OCH3 is 1. The number of nitrogens with zero attached hydrogens (tertiary/aromatic N) is 2. The third-order valence-corrected chi connectivity index (χ3v) is 6.80. The second kappa shape index (κ2) is 6.93. The minimum Gasteiger partial charge on any atom is -0.480 e. The molecule has 2 aromatic rings. The van der Waals surface area contributed by atoms with Gasteiger partial charge in [-0.25, -0.2) is 0 Å². The fraction of sp³-hybridized carbons (Fsp3) is 0.529. The number of nitrogens with one attached hydrogen (secondary N) is 1. The first-order valence-corrected chi connectivity index (χ1v) is 10.2. The number of thiophene rings is 1. The molecule has 2 aromatic heterocycles. The highest BCUT2D eigenvalue weighted by atomic mass is 32.1. The van der Waals surface area contributed by atoms with Crippen LogP contribution in [0.3, 0.4) is 0 Å². The number of ether oxygens (including phenoxy) is 2. The van der Waals surface area contributed by atoms with Gasteiger partial charge in [0.05, 0.1) is 17.4 Å². The average Bonchev–Trinajstić information content (AvgIpc) is 3.28. The smallest absolute Gasteiger partial charge is 0.282 e. The fourth-order valence-electron chi connectivity index (χ4n) is 3.73. The molecule has 3 saturated heterocycles. The Bertz CT molecular complexity index is 750. The first-order valence-electron chi connectivity index (χ1n) is 8.46. The highest BCUT2D eigenvalue weighted by Crippen LogP contribution is 2.34. The lowest BCUT2D eigenvalue weighted by molar-refractivity contribution is 0.0218. The Labute approximate surface area is 154 Å². The van der Waals surface area contributed by atoms with Crippen LogP contribution in [0.15, 0.2) is 17.5 Å². The Balaban J connectivity index is 1.40. The van der Waals surface area contributed by atoms with E-state index < -0.39 is 0 Å². The number of thiazole rings is 1. The van der Waals surface area contributed by atoms with Gasteiger partial charge in [-0.15, -0.1) is 0 Å². The van der Waals surface area contributed by atoms with Crippen molar-refractivity contribution in [1.82, 2.24) is 15.2 Å². The summed E-state index contributed by atoms with van der Waals surface area (Å²) in [5.74, 6) is 1.12. The zero-order chi connectivity index (χ0) is 17.4. The van der Waals surface area contributed by atoms with Crippen LogP contribution >= 0.6 is 22.7 Å². The molecule has 5 rings (SSSR count). The van der Waals surface area contributed by atoms with Crippen molar-refractivity contribution < 1.29 is 14.3 Å². The van der Waals surface area contributed by atoms with E-state index in [0.29, 0.717) is 33.0 Å². The molecule has 1 N–H and O–H groups in total. The normalized spacial score (nSPS) is 27.9. The zero-order valence-electron chi connectivity index (χ0n) is 14.2. The van der Waals surface area contributed by atoms with Crippen molar-refractivity contribution in [1.29, 1.82) is 0 Å². The molecule has 0 aliphatic carbocycles. The van der Waals surface area contributed by atoms with Crippen molar-refractivity contribution in [3.8, 4) is 16.1 Å². The van der Waals surface area contributed by atoms with Crippen molar-refractivity contribution in [2.45, 2.75) is 31.8 Å². The monoisotopic (exact) mass is 379 g/mol.